The summed E-state index contributed by atoms with van der Waals surface area (Å²) in [5.41, 5.74) is 3.94. The van der Waals surface area contributed by atoms with Crippen LogP contribution in [0.1, 0.15) is 11.1 Å². The highest BCUT2D eigenvalue weighted by Crippen LogP contribution is 2.27. The topological polar surface area (TPSA) is 81.9 Å². The number of amides is 1. The lowest BCUT2D eigenvalue weighted by Gasteiger charge is -2.07. The number of rotatable bonds is 4. The molecule has 126 valence electrons. The van der Waals surface area contributed by atoms with Gasteiger partial charge in [-0.3, -0.25) is 4.79 Å². The summed E-state index contributed by atoms with van der Waals surface area (Å²) < 4.78 is 0.984. The molecule has 25 heavy (non-hydrogen) atoms. The summed E-state index contributed by atoms with van der Waals surface area (Å²) in [7, 11) is 0. The lowest BCUT2D eigenvalue weighted by Crippen LogP contribution is -2.19. The second kappa shape index (κ2) is 7.36. The molecule has 3 rings (SSSR count). The van der Waals surface area contributed by atoms with Crippen molar-refractivity contribution in [3.05, 3.63) is 70.2 Å². The molecule has 0 atom stereocenters. The number of nitrogens with zero attached hydrogens (tertiary/aromatic N) is 1. The Morgan fingerprint density at radius 3 is 2.56 bits per heavy atom. The van der Waals surface area contributed by atoms with Crippen LogP contribution in [-0.4, -0.2) is 22.3 Å². The van der Waals surface area contributed by atoms with Crippen molar-refractivity contribution in [3.8, 4) is 11.5 Å². The standard InChI is InChI=1S/C19H15BrN2O3/c20-16-7-6-13(14-3-1-2-4-15(14)16)10-19(25)22-21-11-12-5-8-17(23)18(24)9-12/h1-9,11,23-24H,10H2,(H,22,25)/b21-11+. The van der Waals surface area contributed by atoms with Crippen LogP contribution < -0.4 is 5.43 Å². The Balaban J connectivity index is 1.70. The molecule has 0 saturated carbocycles. The number of phenols is 2. The molecule has 0 aliphatic carbocycles. The SMILES string of the molecule is O=C(Cc1ccc(Br)c2ccccc12)N/N=C/c1ccc(O)c(O)c1. The van der Waals surface area contributed by atoms with Crippen molar-refractivity contribution in [1.82, 2.24) is 5.43 Å². The molecule has 0 fully saturated rings. The maximum Gasteiger partial charge on any atom is 0.244 e. The van der Waals surface area contributed by atoms with Crippen molar-refractivity contribution >= 4 is 38.8 Å². The fourth-order valence-corrected chi connectivity index (χ4v) is 2.97. The van der Waals surface area contributed by atoms with Gasteiger partial charge in [-0.15, -0.1) is 0 Å². The second-order valence-corrected chi connectivity index (χ2v) is 6.32. The van der Waals surface area contributed by atoms with Crippen LogP contribution >= 0.6 is 15.9 Å². The van der Waals surface area contributed by atoms with Crippen LogP contribution in [0.15, 0.2) is 64.2 Å². The molecule has 0 unspecified atom stereocenters. The summed E-state index contributed by atoms with van der Waals surface area (Å²) in [6.45, 7) is 0. The number of fused-ring (bicyclic) bond motifs is 1. The summed E-state index contributed by atoms with van der Waals surface area (Å²) in [6, 6.07) is 16.0. The first-order valence-corrected chi connectivity index (χ1v) is 8.34. The predicted octanol–water partition coefficient (Wildman–Crippen LogP) is 3.71. The number of hydrogen-bond acceptors (Lipinski definition) is 4. The highest BCUT2D eigenvalue weighted by Gasteiger charge is 2.08. The Labute approximate surface area is 152 Å². The van der Waals surface area contributed by atoms with E-state index < -0.39 is 0 Å². The zero-order valence-corrected chi connectivity index (χ0v) is 14.7. The van der Waals surface area contributed by atoms with Gasteiger partial charge in [-0.2, -0.15) is 5.10 Å². The van der Waals surface area contributed by atoms with Crippen LogP contribution in [-0.2, 0) is 11.2 Å². The largest absolute Gasteiger partial charge is 0.504 e. The molecule has 5 nitrogen and oxygen atoms in total. The molecule has 3 aromatic rings. The molecule has 0 aliphatic rings. The van der Waals surface area contributed by atoms with E-state index in [0.29, 0.717) is 5.56 Å². The van der Waals surface area contributed by atoms with Crippen molar-refractivity contribution in [2.75, 3.05) is 0 Å². The van der Waals surface area contributed by atoms with Crippen molar-refractivity contribution in [3.63, 3.8) is 0 Å². The summed E-state index contributed by atoms with van der Waals surface area (Å²) in [4.78, 5) is 12.1. The molecule has 0 heterocycles. The summed E-state index contributed by atoms with van der Waals surface area (Å²) in [5, 5.41) is 24.6. The highest BCUT2D eigenvalue weighted by molar-refractivity contribution is 9.10. The van der Waals surface area contributed by atoms with Gasteiger partial charge in [0.2, 0.25) is 5.91 Å². The van der Waals surface area contributed by atoms with Crippen LogP contribution in [0.4, 0.5) is 0 Å². The number of halogens is 1. The van der Waals surface area contributed by atoms with Gasteiger partial charge in [0.15, 0.2) is 11.5 Å². The molecule has 0 radical (unpaired) electrons. The average Bonchev–Trinajstić information content (AvgIpc) is 2.61. The quantitative estimate of drug-likeness (QED) is 0.356. The van der Waals surface area contributed by atoms with Crippen molar-refractivity contribution in [1.29, 1.82) is 0 Å². The third-order valence-electron chi connectivity index (χ3n) is 3.71. The number of carbonyl (C=O) groups excluding carboxylic acids is 1. The Kier molecular flexibility index (Phi) is 5.00. The third-order valence-corrected chi connectivity index (χ3v) is 4.41. The molecule has 3 aromatic carbocycles. The van der Waals surface area contributed by atoms with Crippen molar-refractivity contribution in [2.45, 2.75) is 6.42 Å². The van der Waals surface area contributed by atoms with E-state index in [1.54, 1.807) is 6.07 Å². The van der Waals surface area contributed by atoms with E-state index in [9.17, 15) is 15.0 Å². The number of aromatic hydroxyl groups is 2. The number of benzene rings is 3. The maximum atomic E-state index is 12.1. The number of nitrogens with one attached hydrogen (secondary N) is 1. The molecule has 1 amide bonds. The van der Waals surface area contributed by atoms with Gasteiger partial charge in [0.1, 0.15) is 0 Å². The molecule has 3 N–H and O–H groups in total. The fraction of sp³-hybridized carbons (Fsp3) is 0.0526. The fourth-order valence-electron chi connectivity index (χ4n) is 2.49. The molecular weight excluding hydrogens is 384 g/mol. The highest BCUT2D eigenvalue weighted by atomic mass is 79.9. The molecule has 0 aliphatic heterocycles. The molecule has 0 saturated heterocycles. The van der Waals surface area contributed by atoms with Crippen LogP contribution in [0.25, 0.3) is 10.8 Å². The van der Waals surface area contributed by atoms with Crippen LogP contribution in [0.5, 0.6) is 11.5 Å². The summed E-state index contributed by atoms with van der Waals surface area (Å²) in [6.07, 6.45) is 1.60. The predicted molar refractivity (Wildman–Crippen MR) is 101 cm³/mol. The Morgan fingerprint density at radius 2 is 1.80 bits per heavy atom. The van der Waals surface area contributed by atoms with Gasteiger partial charge in [0.25, 0.3) is 0 Å². The third kappa shape index (κ3) is 3.97. The van der Waals surface area contributed by atoms with Crippen LogP contribution in [0.2, 0.25) is 0 Å². The van der Waals surface area contributed by atoms with E-state index in [4.69, 9.17) is 0 Å². The van der Waals surface area contributed by atoms with Gasteiger partial charge in [-0.1, -0.05) is 46.3 Å². The Hall–Kier alpha value is -2.86. The lowest BCUT2D eigenvalue weighted by molar-refractivity contribution is -0.120. The van der Waals surface area contributed by atoms with Gasteiger partial charge in [-0.25, -0.2) is 5.43 Å². The first-order chi connectivity index (χ1) is 12.0. The van der Waals surface area contributed by atoms with Gasteiger partial charge in [-0.05, 0) is 46.2 Å². The van der Waals surface area contributed by atoms with Gasteiger partial charge < -0.3 is 10.2 Å². The van der Waals surface area contributed by atoms with Crippen LogP contribution in [0, 0.1) is 0 Å². The van der Waals surface area contributed by atoms with Crippen molar-refractivity contribution < 1.29 is 15.0 Å². The zero-order valence-electron chi connectivity index (χ0n) is 13.1. The van der Waals surface area contributed by atoms with E-state index in [1.165, 1.54) is 18.3 Å². The second-order valence-electron chi connectivity index (χ2n) is 5.47. The first kappa shape index (κ1) is 17.0. The average molecular weight is 399 g/mol. The lowest BCUT2D eigenvalue weighted by atomic mass is 10.0. The number of hydrogen-bond donors (Lipinski definition) is 3. The van der Waals surface area contributed by atoms with E-state index in [1.807, 2.05) is 36.4 Å². The minimum absolute atomic E-state index is 0.200. The van der Waals surface area contributed by atoms with E-state index in [-0.39, 0.29) is 23.8 Å². The number of phenolic OH excluding ortho intramolecular Hbond substituents is 2. The first-order valence-electron chi connectivity index (χ1n) is 7.54. The molecule has 0 spiro atoms. The summed E-state index contributed by atoms with van der Waals surface area (Å²) in [5.74, 6) is -0.688. The molecule has 0 aromatic heterocycles. The minimum atomic E-state index is -0.244. The Bertz CT molecular complexity index is 970. The van der Waals surface area contributed by atoms with E-state index >= 15 is 0 Å². The zero-order chi connectivity index (χ0) is 17.8. The number of carbonyl (C=O) groups is 1. The summed E-state index contributed by atoms with van der Waals surface area (Å²) >= 11 is 3.51. The Morgan fingerprint density at radius 1 is 1.04 bits per heavy atom. The molecular formula is C19H15BrN2O3. The maximum absolute atomic E-state index is 12.1. The van der Waals surface area contributed by atoms with Gasteiger partial charge in [0, 0.05) is 4.47 Å². The number of hydrazone groups is 1. The van der Waals surface area contributed by atoms with E-state index in [0.717, 1.165) is 20.8 Å². The van der Waals surface area contributed by atoms with Crippen molar-refractivity contribution in [2.24, 2.45) is 5.10 Å². The normalized spacial score (nSPS) is 11.1. The van der Waals surface area contributed by atoms with Crippen LogP contribution in [0.3, 0.4) is 0 Å². The molecule has 0 bridgehead atoms. The molecule has 6 heteroatoms. The van der Waals surface area contributed by atoms with Gasteiger partial charge >= 0.3 is 0 Å². The minimum Gasteiger partial charge on any atom is -0.504 e. The van der Waals surface area contributed by atoms with E-state index in [2.05, 4.69) is 26.5 Å². The smallest absolute Gasteiger partial charge is 0.244 e. The monoisotopic (exact) mass is 398 g/mol. The van der Waals surface area contributed by atoms with Gasteiger partial charge in [0.05, 0.1) is 12.6 Å².